The Labute approximate surface area is 145 Å². The van der Waals surface area contributed by atoms with Gasteiger partial charge in [0.15, 0.2) is 0 Å². The van der Waals surface area contributed by atoms with E-state index in [1.165, 1.54) is 0 Å². The van der Waals surface area contributed by atoms with E-state index in [1.54, 1.807) is 0 Å². The molecule has 142 valence electrons. The summed E-state index contributed by atoms with van der Waals surface area (Å²) in [5, 5.41) is 2.60. The number of unbranched alkanes of at least 4 members (excludes halogenated alkanes) is 2. The zero-order chi connectivity index (χ0) is 18.3. The summed E-state index contributed by atoms with van der Waals surface area (Å²) in [7, 11) is 0. The molecule has 0 radical (unpaired) electrons. The largest absolute Gasteiger partial charge is 0.463 e. The minimum atomic E-state index is -0.502. The lowest BCUT2D eigenvalue weighted by Crippen LogP contribution is -2.34. The molecule has 0 bridgehead atoms. The predicted molar refractivity (Wildman–Crippen MR) is 91.0 cm³/mol. The molecule has 0 aromatic carbocycles. The van der Waals surface area contributed by atoms with E-state index in [-0.39, 0.29) is 12.6 Å². The molecule has 0 aromatic rings. The Morgan fingerprint density at radius 3 is 2.17 bits per heavy atom. The Morgan fingerprint density at radius 2 is 1.54 bits per heavy atom. The second-order valence-electron chi connectivity index (χ2n) is 6.33. The minimum absolute atomic E-state index is 0.170. The van der Waals surface area contributed by atoms with Crippen molar-refractivity contribution in [3.8, 4) is 0 Å². The molecule has 7 heteroatoms. The van der Waals surface area contributed by atoms with Crippen LogP contribution < -0.4 is 5.32 Å². The fourth-order valence-corrected chi connectivity index (χ4v) is 1.67. The molecule has 24 heavy (non-hydrogen) atoms. The van der Waals surface area contributed by atoms with Crippen molar-refractivity contribution in [2.75, 3.05) is 39.6 Å². The molecule has 0 heterocycles. The van der Waals surface area contributed by atoms with Gasteiger partial charge in [0.05, 0.1) is 26.4 Å². The second kappa shape index (κ2) is 14.0. The van der Waals surface area contributed by atoms with Crippen molar-refractivity contribution in [2.24, 2.45) is 0 Å². The number of hydrogen-bond acceptors (Lipinski definition) is 6. The molecule has 0 rings (SSSR count). The molecule has 0 aliphatic heterocycles. The summed E-state index contributed by atoms with van der Waals surface area (Å²) in [6.07, 6.45) is 3.03. The third kappa shape index (κ3) is 17.0. The first-order valence-electron chi connectivity index (χ1n) is 8.63. The van der Waals surface area contributed by atoms with Crippen LogP contribution >= 0.6 is 0 Å². The van der Waals surface area contributed by atoms with Crippen LogP contribution in [0, 0.1) is 0 Å². The first kappa shape index (κ1) is 22.7. The normalized spacial score (nSPS) is 11.2. The Balaban J connectivity index is 3.28. The fourth-order valence-electron chi connectivity index (χ4n) is 1.67. The maximum atomic E-state index is 11.3. The van der Waals surface area contributed by atoms with E-state index in [0.29, 0.717) is 39.4 Å². The summed E-state index contributed by atoms with van der Waals surface area (Å²) >= 11 is 0. The molecule has 0 spiro atoms. The van der Waals surface area contributed by atoms with Crippen LogP contribution in [0.3, 0.4) is 0 Å². The molecular weight excluding hydrogens is 314 g/mol. The summed E-state index contributed by atoms with van der Waals surface area (Å²) in [4.78, 5) is 22.7. The van der Waals surface area contributed by atoms with Gasteiger partial charge < -0.3 is 24.3 Å². The molecule has 1 amide bonds. The number of amides is 1. The van der Waals surface area contributed by atoms with Crippen LogP contribution in [0.4, 0.5) is 4.79 Å². The first-order chi connectivity index (χ1) is 11.3. The van der Waals surface area contributed by atoms with E-state index in [9.17, 15) is 9.59 Å². The zero-order valence-electron chi connectivity index (χ0n) is 15.5. The number of nitrogens with one attached hydrogen (secondary N) is 1. The highest BCUT2D eigenvalue weighted by Crippen LogP contribution is 2.06. The van der Waals surface area contributed by atoms with E-state index < -0.39 is 11.7 Å². The average Bonchev–Trinajstić information content (AvgIpc) is 2.47. The lowest BCUT2D eigenvalue weighted by molar-refractivity contribution is -0.145. The molecule has 0 aliphatic rings. The van der Waals surface area contributed by atoms with E-state index >= 15 is 0 Å². The summed E-state index contributed by atoms with van der Waals surface area (Å²) in [5.41, 5.74) is -0.502. The van der Waals surface area contributed by atoms with Gasteiger partial charge in [-0.15, -0.1) is 0 Å². The van der Waals surface area contributed by atoms with Crippen molar-refractivity contribution < 1.29 is 28.5 Å². The van der Waals surface area contributed by atoms with Gasteiger partial charge in [-0.1, -0.05) is 19.8 Å². The topological polar surface area (TPSA) is 83.1 Å². The van der Waals surface area contributed by atoms with E-state index in [2.05, 4.69) is 12.2 Å². The van der Waals surface area contributed by atoms with Gasteiger partial charge in [0.25, 0.3) is 0 Å². The molecular formula is C17H33NO6. The van der Waals surface area contributed by atoms with Gasteiger partial charge in [-0.05, 0) is 27.2 Å². The third-order valence-electron chi connectivity index (χ3n) is 2.76. The highest BCUT2D eigenvalue weighted by molar-refractivity contribution is 5.69. The summed E-state index contributed by atoms with van der Waals surface area (Å²) in [6.45, 7) is 9.74. The zero-order valence-corrected chi connectivity index (χ0v) is 15.5. The molecule has 0 fully saturated rings. The first-order valence-corrected chi connectivity index (χ1v) is 8.63. The van der Waals surface area contributed by atoms with Gasteiger partial charge in [-0.25, -0.2) is 4.79 Å². The molecule has 7 nitrogen and oxygen atoms in total. The van der Waals surface area contributed by atoms with Crippen molar-refractivity contribution >= 4 is 12.1 Å². The maximum absolute atomic E-state index is 11.3. The highest BCUT2D eigenvalue weighted by atomic mass is 16.6. The monoisotopic (exact) mass is 347 g/mol. The van der Waals surface area contributed by atoms with Gasteiger partial charge >= 0.3 is 12.1 Å². The molecule has 0 aromatic heterocycles. The number of rotatable bonds is 13. The Kier molecular flexibility index (Phi) is 13.3. The molecule has 0 unspecified atom stereocenters. The van der Waals surface area contributed by atoms with Crippen LogP contribution in [0.5, 0.6) is 0 Å². The molecule has 1 N–H and O–H groups in total. The van der Waals surface area contributed by atoms with Gasteiger partial charge in [-0.2, -0.15) is 0 Å². The van der Waals surface area contributed by atoms with Crippen LogP contribution in [0.15, 0.2) is 0 Å². The fraction of sp³-hybridized carbons (Fsp3) is 0.882. The summed E-state index contributed by atoms with van der Waals surface area (Å²) in [6, 6.07) is 0. The number of ether oxygens (including phenoxy) is 4. The Hall–Kier alpha value is -1.34. The van der Waals surface area contributed by atoms with Gasteiger partial charge in [0, 0.05) is 13.0 Å². The van der Waals surface area contributed by atoms with Crippen molar-refractivity contribution in [3.63, 3.8) is 0 Å². The summed E-state index contributed by atoms with van der Waals surface area (Å²) in [5.74, 6) is -0.170. The highest BCUT2D eigenvalue weighted by Gasteiger charge is 2.15. The minimum Gasteiger partial charge on any atom is -0.463 e. The molecule has 0 aliphatic carbocycles. The Bertz CT molecular complexity index is 340. The van der Waals surface area contributed by atoms with Crippen molar-refractivity contribution in [2.45, 2.75) is 59.0 Å². The quantitative estimate of drug-likeness (QED) is 0.407. The van der Waals surface area contributed by atoms with E-state index in [0.717, 1.165) is 19.3 Å². The Morgan fingerprint density at radius 1 is 0.917 bits per heavy atom. The number of carbonyl (C=O) groups excluding carboxylic acids is 2. The second-order valence-corrected chi connectivity index (χ2v) is 6.33. The lowest BCUT2D eigenvalue weighted by atomic mass is 10.2. The predicted octanol–water partition coefficient (Wildman–Crippen LogP) is 2.67. The van der Waals surface area contributed by atoms with Crippen LogP contribution in [-0.4, -0.2) is 57.2 Å². The van der Waals surface area contributed by atoms with E-state index in [1.807, 2.05) is 20.8 Å². The lowest BCUT2D eigenvalue weighted by Gasteiger charge is -2.19. The maximum Gasteiger partial charge on any atom is 0.407 e. The number of carbonyl (C=O) groups is 2. The SMILES string of the molecule is CCCCCC(=O)OCCOCCOCCNC(=O)OC(C)(C)C. The van der Waals surface area contributed by atoms with Crippen LogP contribution in [0.25, 0.3) is 0 Å². The van der Waals surface area contributed by atoms with Crippen LogP contribution in [-0.2, 0) is 23.7 Å². The van der Waals surface area contributed by atoms with Crippen molar-refractivity contribution in [1.29, 1.82) is 0 Å². The van der Waals surface area contributed by atoms with E-state index in [4.69, 9.17) is 18.9 Å². The number of hydrogen-bond donors (Lipinski definition) is 1. The standard InChI is InChI=1S/C17H33NO6/c1-5-6-7-8-15(19)23-14-13-22-12-11-21-10-9-18-16(20)24-17(2,3)4/h5-14H2,1-4H3,(H,18,20). The van der Waals surface area contributed by atoms with Gasteiger partial charge in [0.1, 0.15) is 12.2 Å². The third-order valence-corrected chi connectivity index (χ3v) is 2.76. The van der Waals surface area contributed by atoms with Crippen LogP contribution in [0.1, 0.15) is 53.4 Å². The van der Waals surface area contributed by atoms with Gasteiger partial charge in [0.2, 0.25) is 0 Å². The van der Waals surface area contributed by atoms with Gasteiger partial charge in [-0.3, -0.25) is 4.79 Å². The summed E-state index contributed by atoms with van der Waals surface area (Å²) < 4.78 is 20.7. The molecule has 0 saturated carbocycles. The van der Waals surface area contributed by atoms with Crippen LogP contribution in [0.2, 0.25) is 0 Å². The number of alkyl carbamates (subject to hydrolysis) is 1. The average molecular weight is 347 g/mol. The molecule has 0 atom stereocenters. The van der Waals surface area contributed by atoms with Crippen molar-refractivity contribution in [3.05, 3.63) is 0 Å². The van der Waals surface area contributed by atoms with Crippen molar-refractivity contribution in [1.82, 2.24) is 5.32 Å². The smallest absolute Gasteiger partial charge is 0.407 e. The number of esters is 1. The molecule has 0 saturated heterocycles.